The Morgan fingerprint density at radius 1 is 1.64 bits per heavy atom. The number of amides is 2. The number of carbonyl (C=O) groups excluding carboxylic acids is 2. The highest BCUT2D eigenvalue weighted by atomic mass is 16.2. The first-order valence-electron chi connectivity index (χ1n) is 4.06. The van der Waals surface area contributed by atoms with E-state index in [1.54, 1.807) is 13.0 Å². The first-order valence-corrected chi connectivity index (χ1v) is 4.06. The lowest BCUT2D eigenvalue weighted by Crippen LogP contribution is -2.46. The summed E-state index contributed by atoms with van der Waals surface area (Å²) in [4.78, 5) is 25.6. The number of aliphatic imine (C=N–C) groups is 1. The number of nitriles is 1. The number of carbonyl (C=O) groups is 2. The van der Waals surface area contributed by atoms with Gasteiger partial charge in [-0.3, -0.25) is 9.59 Å². The summed E-state index contributed by atoms with van der Waals surface area (Å²) in [6.07, 6.45) is 0. The predicted octanol–water partition coefficient (Wildman–Crippen LogP) is -1.24. The minimum atomic E-state index is -0.931. The van der Waals surface area contributed by atoms with Crippen LogP contribution in [0, 0.1) is 29.1 Å². The number of nitrogens with zero attached hydrogens (tertiary/aromatic N) is 2. The largest absolute Gasteiger partial charge is 0.386 e. The minimum absolute atomic E-state index is 0.0958. The maximum atomic E-state index is 11.2. The lowest BCUT2D eigenvalue weighted by molar-refractivity contribution is -0.125. The van der Waals surface area contributed by atoms with Gasteiger partial charge in [0.1, 0.15) is 11.8 Å². The van der Waals surface area contributed by atoms with E-state index in [1.807, 2.05) is 0 Å². The Balaban J connectivity index is 3.12. The van der Waals surface area contributed by atoms with Crippen molar-refractivity contribution in [3.63, 3.8) is 0 Å². The van der Waals surface area contributed by atoms with E-state index in [0.717, 1.165) is 0 Å². The smallest absolute Gasteiger partial charge is 0.265 e. The SMILES string of the molecule is CC1C(C#N)C(=O)N=C(N)C1C(N)=O. The highest BCUT2D eigenvalue weighted by Gasteiger charge is 2.40. The Hall–Kier alpha value is -1.90. The second-order valence-corrected chi connectivity index (χ2v) is 3.22. The van der Waals surface area contributed by atoms with Crippen LogP contribution in [0.4, 0.5) is 0 Å². The van der Waals surface area contributed by atoms with Gasteiger partial charge in [0, 0.05) is 0 Å². The third-order valence-corrected chi connectivity index (χ3v) is 2.32. The second kappa shape index (κ2) is 3.46. The molecule has 0 aliphatic carbocycles. The van der Waals surface area contributed by atoms with Gasteiger partial charge in [-0.15, -0.1) is 0 Å². The van der Waals surface area contributed by atoms with Crippen LogP contribution in [0.5, 0.6) is 0 Å². The topological polar surface area (TPSA) is 122 Å². The minimum Gasteiger partial charge on any atom is -0.386 e. The average molecular weight is 194 g/mol. The van der Waals surface area contributed by atoms with E-state index < -0.39 is 29.6 Å². The quantitative estimate of drug-likeness (QED) is 0.542. The number of rotatable bonds is 1. The van der Waals surface area contributed by atoms with Crippen molar-refractivity contribution in [2.75, 3.05) is 0 Å². The zero-order valence-corrected chi connectivity index (χ0v) is 7.60. The van der Waals surface area contributed by atoms with E-state index in [2.05, 4.69) is 4.99 Å². The lowest BCUT2D eigenvalue weighted by Gasteiger charge is -2.26. The molecule has 0 aromatic rings. The molecule has 1 rings (SSSR count). The maximum Gasteiger partial charge on any atom is 0.265 e. The van der Waals surface area contributed by atoms with E-state index in [-0.39, 0.29) is 5.84 Å². The zero-order chi connectivity index (χ0) is 10.9. The molecule has 0 saturated carbocycles. The van der Waals surface area contributed by atoms with Crippen molar-refractivity contribution in [2.24, 2.45) is 34.2 Å². The van der Waals surface area contributed by atoms with Gasteiger partial charge in [0.25, 0.3) is 5.91 Å². The molecular formula is C8H10N4O2. The molecule has 0 fully saturated rings. The molecule has 0 aromatic heterocycles. The van der Waals surface area contributed by atoms with Gasteiger partial charge in [-0.2, -0.15) is 10.3 Å². The first kappa shape index (κ1) is 10.2. The van der Waals surface area contributed by atoms with E-state index in [9.17, 15) is 9.59 Å². The molecular weight excluding hydrogens is 184 g/mol. The van der Waals surface area contributed by atoms with Gasteiger partial charge < -0.3 is 11.5 Å². The van der Waals surface area contributed by atoms with Crippen molar-refractivity contribution in [1.29, 1.82) is 5.26 Å². The van der Waals surface area contributed by atoms with Crippen LogP contribution in [-0.4, -0.2) is 17.6 Å². The molecule has 4 N–H and O–H groups in total. The standard InChI is InChI=1S/C8H10N4O2/c1-3-4(2-9)8(14)12-6(10)5(3)7(11)13/h3-5H,1H3,(H2,11,13)(H2,10,12,14). The molecule has 0 spiro atoms. The molecule has 14 heavy (non-hydrogen) atoms. The van der Waals surface area contributed by atoms with Crippen LogP contribution in [0.3, 0.4) is 0 Å². The third-order valence-electron chi connectivity index (χ3n) is 2.32. The first-order chi connectivity index (χ1) is 6.49. The number of amidine groups is 1. The Morgan fingerprint density at radius 3 is 2.64 bits per heavy atom. The molecule has 2 amide bonds. The van der Waals surface area contributed by atoms with E-state index in [1.165, 1.54) is 0 Å². The Kier molecular flexibility index (Phi) is 2.51. The van der Waals surface area contributed by atoms with Crippen LogP contribution in [0.1, 0.15) is 6.92 Å². The molecule has 0 radical (unpaired) electrons. The molecule has 0 saturated heterocycles. The van der Waals surface area contributed by atoms with Gasteiger partial charge >= 0.3 is 0 Å². The molecule has 0 bridgehead atoms. The van der Waals surface area contributed by atoms with Crippen LogP contribution in [0.25, 0.3) is 0 Å². The summed E-state index contributed by atoms with van der Waals surface area (Å²) in [7, 11) is 0. The van der Waals surface area contributed by atoms with Crippen molar-refractivity contribution in [3.8, 4) is 6.07 Å². The zero-order valence-electron chi connectivity index (χ0n) is 7.60. The summed E-state index contributed by atoms with van der Waals surface area (Å²) in [5, 5.41) is 8.68. The summed E-state index contributed by atoms with van der Waals surface area (Å²) in [6.45, 7) is 1.59. The van der Waals surface area contributed by atoms with Crippen LogP contribution in [0.15, 0.2) is 4.99 Å². The fourth-order valence-electron chi connectivity index (χ4n) is 1.53. The van der Waals surface area contributed by atoms with Gasteiger partial charge in [0.15, 0.2) is 0 Å². The Labute approximate surface area is 80.6 Å². The molecule has 3 unspecified atom stereocenters. The Bertz CT molecular complexity index is 355. The van der Waals surface area contributed by atoms with E-state index in [4.69, 9.17) is 16.7 Å². The number of nitrogens with two attached hydrogens (primary N) is 2. The van der Waals surface area contributed by atoms with Crippen LogP contribution in [0.2, 0.25) is 0 Å². The summed E-state index contributed by atoms with van der Waals surface area (Å²) in [5.41, 5.74) is 10.5. The molecule has 74 valence electrons. The third kappa shape index (κ3) is 1.44. The van der Waals surface area contributed by atoms with Crippen molar-refractivity contribution < 1.29 is 9.59 Å². The molecule has 1 aliphatic heterocycles. The van der Waals surface area contributed by atoms with Crippen LogP contribution >= 0.6 is 0 Å². The van der Waals surface area contributed by atoms with E-state index >= 15 is 0 Å². The molecule has 1 aliphatic rings. The summed E-state index contributed by atoms with van der Waals surface area (Å²) < 4.78 is 0. The second-order valence-electron chi connectivity index (χ2n) is 3.22. The average Bonchev–Trinajstić information content (AvgIpc) is 2.02. The van der Waals surface area contributed by atoms with E-state index in [0.29, 0.717) is 0 Å². The number of primary amides is 1. The van der Waals surface area contributed by atoms with Gasteiger partial charge in [-0.25, -0.2) is 0 Å². The monoisotopic (exact) mass is 194 g/mol. The highest BCUT2D eigenvalue weighted by molar-refractivity contribution is 6.09. The lowest BCUT2D eigenvalue weighted by atomic mass is 9.80. The van der Waals surface area contributed by atoms with Crippen LogP contribution < -0.4 is 11.5 Å². The molecule has 6 heteroatoms. The van der Waals surface area contributed by atoms with Crippen LogP contribution in [-0.2, 0) is 9.59 Å². The van der Waals surface area contributed by atoms with Crippen molar-refractivity contribution >= 4 is 17.6 Å². The van der Waals surface area contributed by atoms with Crippen molar-refractivity contribution in [1.82, 2.24) is 0 Å². The molecule has 3 atom stereocenters. The molecule has 0 aromatic carbocycles. The number of hydrogen-bond acceptors (Lipinski definition) is 4. The fourth-order valence-corrected chi connectivity index (χ4v) is 1.53. The molecule has 6 nitrogen and oxygen atoms in total. The summed E-state index contributed by atoms with van der Waals surface area (Å²) in [5.74, 6) is -3.62. The summed E-state index contributed by atoms with van der Waals surface area (Å²) >= 11 is 0. The fraction of sp³-hybridized carbons (Fsp3) is 0.500. The summed E-state index contributed by atoms with van der Waals surface area (Å²) in [6, 6.07) is 1.79. The van der Waals surface area contributed by atoms with Gasteiger partial charge in [-0.05, 0) is 5.92 Å². The number of hydrogen-bond donors (Lipinski definition) is 2. The highest BCUT2D eigenvalue weighted by Crippen LogP contribution is 2.26. The van der Waals surface area contributed by atoms with Gasteiger partial charge in [0.2, 0.25) is 5.91 Å². The van der Waals surface area contributed by atoms with Gasteiger partial charge in [0.05, 0.1) is 12.0 Å². The van der Waals surface area contributed by atoms with Gasteiger partial charge in [-0.1, -0.05) is 6.92 Å². The predicted molar refractivity (Wildman–Crippen MR) is 47.6 cm³/mol. The van der Waals surface area contributed by atoms with Crippen molar-refractivity contribution in [3.05, 3.63) is 0 Å². The normalized spacial score (nSPS) is 31.9. The molecule has 1 heterocycles. The Morgan fingerprint density at radius 2 is 2.21 bits per heavy atom. The van der Waals surface area contributed by atoms with Crippen molar-refractivity contribution in [2.45, 2.75) is 6.92 Å². The maximum absolute atomic E-state index is 11.2.